The summed E-state index contributed by atoms with van der Waals surface area (Å²) in [5, 5.41) is 0. The average molecular weight is 406 g/mol. The van der Waals surface area contributed by atoms with E-state index in [4.69, 9.17) is 18.9 Å². The highest BCUT2D eigenvalue weighted by atomic mass is 16.5. The van der Waals surface area contributed by atoms with E-state index < -0.39 is 0 Å². The maximum atomic E-state index is 13.2. The van der Waals surface area contributed by atoms with Crippen molar-refractivity contribution in [1.29, 1.82) is 0 Å². The van der Waals surface area contributed by atoms with Gasteiger partial charge >= 0.3 is 0 Å². The number of hydrogen-bond acceptors (Lipinski definition) is 5. The second-order valence-electron chi connectivity index (χ2n) is 8.20. The summed E-state index contributed by atoms with van der Waals surface area (Å²) in [7, 11) is 6.70. The van der Waals surface area contributed by atoms with E-state index >= 15 is 0 Å². The van der Waals surface area contributed by atoms with Crippen molar-refractivity contribution in [2.45, 2.75) is 64.0 Å². The monoisotopic (exact) mass is 405 g/mol. The predicted molar refractivity (Wildman–Crippen MR) is 112 cm³/mol. The van der Waals surface area contributed by atoms with Crippen LogP contribution in [0, 0.1) is 5.41 Å². The molecule has 0 aromatic heterocycles. The van der Waals surface area contributed by atoms with E-state index in [0.717, 1.165) is 31.4 Å². The molecule has 6 nitrogen and oxygen atoms in total. The second kappa shape index (κ2) is 9.24. The van der Waals surface area contributed by atoms with Gasteiger partial charge in [-0.2, -0.15) is 0 Å². The minimum atomic E-state index is 0.115. The van der Waals surface area contributed by atoms with Crippen molar-refractivity contribution in [2.75, 3.05) is 35.0 Å². The molecule has 6 heteroatoms. The molecule has 0 unspecified atom stereocenters. The standard InChI is InChI=1S/C23H35NO5/c1-6-29-20-15-19(23(20)10-8-7-9-11-23)24(2)21(25)14-16-12-17(26-3)22(28-5)18(13-16)27-4/h12-13,19-20H,6-11,14-15H2,1-5H3/t19-,20+/m1/s1. The first-order valence-corrected chi connectivity index (χ1v) is 10.7. The molecule has 2 saturated carbocycles. The molecule has 0 aliphatic heterocycles. The van der Waals surface area contributed by atoms with Crippen LogP contribution in [0.15, 0.2) is 12.1 Å². The van der Waals surface area contributed by atoms with Crippen LogP contribution in [0.1, 0.15) is 51.0 Å². The number of ether oxygens (including phenoxy) is 4. The summed E-state index contributed by atoms with van der Waals surface area (Å²) in [6, 6.07) is 3.97. The van der Waals surface area contributed by atoms with E-state index in [-0.39, 0.29) is 23.5 Å². The Morgan fingerprint density at radius 2 is 1.69 bits per heavy atom. The van der Waals surface area contributed by atoms with Crippen molar-refractivity contribution in [2.24, 2.45) is 5.41 Å². The summed E-state index contributed by atoms with van der Waals surface area (Å²) in [6.07, 6.45) is 7.59. The van der Waals surface area contributed by atoms with Crippen LogP contribution in [0.2, 0.25) is 0 Å². The van der Waals surface area contributed by atoms with Gasteiger partial charge in [-0.1, -0.05) is 19.3 Å². The molecular formula is C23H35NO5. The number of nitrogens with zero attached hydrogens (tertiary/aromatic N) is 1. The lowest BCUT2D eigenvalue weighted by Crippen LogP contribution is -2.65. The molecular weight excluding hydrogens is 370 g/mol. The van der Waals surface area contributed by atoms with E-state index in [1.54, 1.807) is 21.3 Å². The van der Waals surface area contributed by atoms with Gasteiger partial charge < -0.3 is 23.8 Å². The van der Waals surface area contributed by atoms with Gasteiger partial charge in [-0.25, -0.2) is 0 Å². The number of benzene rings is 1. The van der Waals surface area contributed by atoms with Crippen LogP contribution in [-0.4, -0.2) is 57.9 Å². The minimum absolute atomic E-state index is 0.115. The molecule has 162 valence electrons. The van der Waals surface area contributed by atoms with Crippen LogP contribution in [0.25, 0.3) is 0 Å². The zero-order chi connectivity index (χ0) is 21.0. The third-order valence-electron chi connectivity index (χ3n) is 6.84. The molecule has 2 atom stereocenters. The molecule has 1 spiro atoms. The Labute approximate surface area is 174 Å². The van der Waals surface area contributed by atoms with E-state index in [1.165, 1.54) is 19.3 Å². The first-order valence-electron chi connectivity index (χ1n) is 10.7. The first-order chi connectivity index (χ1) is 14.0. The van der Waals surface area contributed by atoms with E-state index in [9.17, 15) is 4.79 Å². The fourth-order valence-corrected chi connectivity index (χ4v) is 5.28. The third-order valence-corrected chi connectivity index (χ3v) is 6.84. The average Bonchev–Trinajstić information content (AvgIpc) is 2.75. The summed E-state index contributed by atoms with van der Waals surface area (Å²) < 4.78 is 22.3. The number of hydrogen-bond donors (Lipinski definition) is 0. The fourth-order valence-electron chi connectivity index (χ4n) is 5.28. The van der Waals surface area contributed by atoms with Crippen LogP contribution in [-0.2, 0) is 16.0 Å². The number of likely N-dealkylation sites (N-methyl/N-ethyl adjacent to an activating group) is 1. The van der Waals surface area contributed by atoms with Crippen molar-refractivity contribution < 1.29 is 23.7 Å². The number of amides is 1. The van der Waals surface area contributed by atoms with E-state index in [1.807, 2.05) is 24.1 Å². The molecule has 2 aliphatic carbocycles. The van der Waals surface area contributed by atoms with Gasteiger partial charge in [0, 0.05) is 25.1 Å². The first kappa shape index (κ1) is 21.8. The van der Waals surface area contributed by atoms with Gasteiger partial charge in [-0.05, 0) is 43.9 Å². The molecule has 0 bridgehead atoms. The summed E-state index contributed by atoms with van der Waals surface area (Å²) in [5.74, 6) is 1.80. The Kier molecular flexibility index (Phi) is 6.93. The Bertz CT molecular complexity index is 688. The van der Waals surface area contributed by atoms with Crippen LogP contribution in [0.4, 0.5) is 0 Å². The highest BCUT2D eigenvalue weighted by Crippen LogP contribution is 2.55. The Morgan fingerprint density at radius 1 is 1.07 bits per heavy atom. The summed E-state index contributed by atoms with van der Waals surface area (Å²) >= 11 is 0. The van der Waals surface area contributed by atoms with Crippen LogP contribution in [0.3, 0.4) is 0 Å². The number of rotatable bonds is 8. The third kappa shape index (κ3) is 4.04. The predicted octanol–water partition coefficient (Wildman–Crippen LogP) is 3.84. The van der Waals surface area contributed by atoms with Crippen LogP contribution < -0.4 is 14.2 Å². The van der Waals surface area contributed by atoms with Gasteiger partial charge in [0.05, 0.1) is 33.9 Å². The highest BCUT2D eigenvalue weighted by Gasteiger charge is 2.57. The molecule has 1 amide bonds. The van der Waals surface area contributed by atoms with Gasteiger partial charge in [0.25, 0.3) is 0 Å². The maximum Gasteiger partial charge on any atom is 0.227 e. The van der Waals surface area contributed by atoms with Crippen molar-refractivity contribution in [3.05, 3.63) is 17.7 Å². The molecule has 2 aliphatic rings. The van der Waals surface area contributed by atoms with E-state index in [0.29, 0.717) is 23.7 Å². The molecule has 1 aromatic rings. The normalized spacial score (nSPS) is 22.7. The van der Waals surface area contributed by atoms with Crippen LogP contribution in [0.5, 0.6) is 17.2 Å². The van der Waals surface area contributed by atoms with Gasteiger partial charge in [0.15, 0.2) is 11.5 Å². The number of carbonyl (C=O) groups is 1. The van der Waals surface area contributed by atoms with Gasteiger partial charge in [-0.3, -0.25) is 4.79 Å². The summed E-state index contributed by atoms with van der Waals surface area (Å²) in [4.78, 5) is 15.1. The lowest BCUT2D eigenvalue weighted by atomic mass is 9.54. The second-order valence-corrected chi connectivity index (χ2v) is 8.20. The Balaban J connectivity index is 1.75. The largest absolute Gasteiger partial charge is 0.493 e. The lowest BCUT2D eigenvalue weighted by molar-refractivity contribution is -0.184. The van der Waals surface area contributed by atoms with Crippen molar-refractivity contribution in [1.82, 2.24) is 4.90 Å². The Hall–Kier alpha value is -1.95. The van der Waals surface area contributed by atoms with E-state index in [2.05, 4.69) is 6.92 Å². The summed E-state index contributed by atoms with van der Waals surface area (Å²) in [5.41, 5.74) is 0.989. The molecule has 1 aromatic carbocycles. The highest BCUT2D eigenvalue weighted by molar-refractivity contribution is 5.79. The number of carbonyl (C=O) groups excluding carboxylic acids is 1. The number of methoxy groups -OCH3 is 3. The lowest BCUT2D eigenvalue weighted by Gasteiger charge is -2.60. The van der Waals surface area contributed by atoms with Gasteiger partial charge in [0.2, 0.25) is 11.7 Å². The molecule has 29 heavy (non-hydrogen) atoms. The Morgan fingerprint density at radius 3 is 2.21 bits per heavy atom. The zero-order valence-electron chi connectivity index (χ0n) is 18.5. The van der Waals surface area contributed by atoms with Gasteiger partial charge in [0.1, 0.15) is 0 Å². The zero-order valence-corrected chi connectivity index (χ0v) is 18.5. The van der Waals surface area contributed by atoms with Crippen molar-refractivity contribution >= 4 is 5.91 Å². The van der Waals surface area contributed by atoms with Gasteiger partial charge in [-0.15, -0.1) is 0 Å². The fraction of sp³-hybridized carbons (Fsp3) is 0.696. The molecule has 3 rings (SSSR count). The maximum absolute atomic E-state index is 13.2. The quantitative estimate of drug-likeness (QED) is 0.658. The van der Waals surface area contributed by atoms with Crippen LogP contribution >= 0.6 is 0 Å². The molecule has 2 fully saturated rings. The van der Waals surface area contributed by atoms with Crippen molar-refractivity contribution in [3.8, 4) is 17.2 Å². The summed E-state index contributed by atoms with van der Waals surface area (Å²) in [6.45, 7) is 2.80. The smallest absolute Gasteiger partial charge is 0.227 e. The molecule has 0 saturated heterocycles. The SMILES string of the molecule is CCO[C@H]1C[C@@H](N(C)C(=O)Cc2cc(OC)c(OC)c(OC)c2)C12CCCCC2. The molecule has 0 radical (unpaired) electrons. The molecule has 0 N–H and O–H groups in total. The van der Waals surface area contributed by atoms with Crippen molar-refractivity contribution in [3.63, 3.8) is 0 Å². The molecule has 0 heterocycles. The minimum Gasteiger partial charge on any atom is -0.493 e. The topological polar surface area (TPSA) is 57.2 Å².